The van der Waals surface area contributed by atoms with E-state index in [-0.39, 0.29) is 25.7 Å². The molecule has 0 saturated carbocycles. The van der Waals surface area contributed by atoms with Gasteiger partial charge in [0.1, 0.15) is 19.3 Å². The third kappa shape index (κ3) is 69.2. The Morgan fingerprint density at radius 2 is 0.531 bits per heavy atom. The Morgan fingerprint density at radius 3 is 0.792 bits per heavy atom. The van der Waals surface area contributed by atoms with Crippen LogP contribution in [0.3, 0.4) is 0 Å². The van der Waals surface area contributed by atoms with E-state index in [2.05, 4.69) is 41.5 Å². The Morgan fingerprint density at radius 1 is 0.302 bits per heavy atom. The summed E-state index contributed by atoms with van der Waals surface area (Å²) in [5.74, 6) is -0.449. The van der Waals surface area contributed by atoms with Crippen molar-refractivity contribution in [3.63, 3.8) is 0 Å². The van der Waals surface area contributed by atoms with Crippen LogP contribution >= 0.6 is 15.6 Å². The van der Waals surface area contributed by atoms with E-state index in [1.807, 2.05) is 0 Å². The molecule has 0 radical (unpaired) electrons. The highest BCUT2D eigenvalue weighted by Gasteiger charge is 2.30. The molecule has 0 aliphatic heterocycles. The highest BCUT2D eigenvalue weighted by atomic mass is 31.2. The van der Waals surface area contributed by atoms with Crippen molar-refractivity contribution in [2.24, 2.45) is 11.8 Å². The summed E-state index contributed by atoms with van der Waals surface area (Å²) in [6.07, 6.45) is 57.1. The average Bonchev–Trinajstić information content (AvgIpc) is 1.29. The van der Waals surface area contributed by atoms with Gasteiger partial charge in [-0.2, -0.15) is 0 Å². The standard InChI is InChI=1S/C77H150O17P2/c1-7-10-12-14-16-17-36-43-49-55-61-76(81)93-72(65-87-74(79)59-53-47-39-15-13-11-8-2)67-91-95(83,84)89-63-71(78)64-90-96(85,86)92-68-73(66-88-75(80)60-54-48-42-37-32-28-25-24-27-31-35-41-46-52-58-70(6)9-3)94-77(82)62-56-50-44-38-33-29-23-21-19-18-20-22-26-30-34-40-45-51-57-69(4)5/h69-73,78H,7-68H2,1-6H3,(H,83,84)(H,85,86)/t70?,71-,72+,73+/m0/s1. The van der Waals surface area contributed by atoms with Crippen molar-refractivity contribution in [2.45, 2.75) is 419 Å². The number of unbranched alkanes of at least 4 members (excludes halogenated alkanes) is 45. The molecule has 0 rings (SSSR count). The topological polar surface area (TPSA) is 237 Å². The van der Waals surface area contributed by atoms with Crippen LogP contribution in [0.2, 0.25) is 0 Å². The highest BCUT2D eigenvalue weighted by Crippen LogP contribution is 2.45. The minimum Gasteiger partial charge on any atom is -0.462 e. The zero-order chi connectivity index (χ0) is 70.7. The number of hydrogen-bond donors (Lipinski definition) is 3. The fourth-order valence-corrected chi connectivity index (χ4v) is 13.4. The fourth-order valence-electron chi connectivity index (χ4n) is 11.8. The largest absolute Gasteiger partial charge is 0.472 e. The van der Waals surface area contributed by atoms with Crippen LogP contribution in [0.25, 0.3) is 0 Å². The Bertz CT molecular complexity index is 1860. The first-order valence-electron chi connectivity index (χ1n) is 40.0. The summed E-state index contributed by atoms with van der Waals surface area (Å²) in [4.78, 5) is 72.6. The van der Waals surface area contributed by atoms with Crippen LogP contribution < -0.4 is 0 Å². The van der Waals surface area contributed by atoms with E-state index in [9.17, 15) is 43.2 Å². The van der Waals surface area contributed by atoms with Crippen LogP contribution in [0.1, 0.15) is 401 Å². The number of aliphatic hydroxyl groups is 1. The number of esters is 4. The third-order valence-electron chi connectivity index (χ3n) is 18.3. The van der Waals surface area contributed by atoms with Crippen LogP contribution in [-0.4, -0.2) is 96.7 Å². The average molecular weight is 1410 g/mol. The first-order valence-corrected chi connectivity index (χ1v) is 43.0. The molecule has 0 aliphatic carbocycles. The van der Waals surface area contributed by atoms with Crippen molar-refractivity contribution in [1.82, 2.24) is 0 Å². The molecule has 96 heavy (non-hydrogen) atoms. The van der Waals surface area contributed by atoms with Gasteiger partial charge in [0.15, 0.2) is 12.2 Å². The maximum atomic E-state index is 13.1. The zero-order valence-corrected chi connectivity index (χ0v) is 64.5. The van der Waals surface area contributed by atoms with Crippen molar-refractivity contribution in [1.29, 1.82) is 0 Å². The van der Waals surface area contributed by atoms with E-state index in [4.69, 9.17) is 37.0 Å². The second-order valence-electron chi connectivity index (χ2n) is 28.5. The van der Waals surface area contributed by atoms with Gasteiger partial charge in [0, 0.05) is 25.7 Å². The number of phosphoric acid groups is 2. The number of carbonyl (C=O) groups excluding carboxylic acids is 4. The molecule has 0 aromatic carbocycles. The van der Waals surface area contributed by atoms with E-state index in [1.54, 1.807) is 0 Å². The molecule has 570 valence electrons. The van der Waals surface area contributed by atoms with Crippen molar-refractivity contribution >= 4 is 39.5 Å². The Hall–Kier alpha value is -1.94. The molecule has 0 saturated heterocycles. The number of rotatable bonds is 76. The smallest absolute Gasteiger partial charge is 0.462 e. The normalized spacial score (nSPS) is 14.3. The molecule has 0 bridgehead atoms. The van der Waals surface area contributed by atoms with E-state index < -0.39 is 97.5 Å². The molecule has 0 fully saturated rings. The fraction of sp³-hybridized carbons (Fsp3) is 0.948. The molecule has 0 aliphatic rings. The SMILES string of the molecule is CCCCCCCCCCCCC(=O)O[C@H](COC(=O)CCCCCCCCC)COP(=O)(O)OC[C@H](O)COP(=O)(O)OC[C@@H](COC(=O)CCCCCCCCCCCCCCCCC(C)CC)OC(=O)CCCCCCCCCCCCCCCCCCCCC(C)C. The summed E-state index contributed by atoms with van der Waals surface area (Å²) < 4.78 is 68.4. The second kappa shape index (κ2) is 68.8. The maximum Gasteiger partial charge on any atom is 0.472 e. The van der Waals surface area contributed by atoms with Gasteiger partial charge in [0.05, 0.1) is 26.4 Å². The van der Waals surface area contributed by atoms with Gasteiger partial charge in [-0.25, -0.2) is 9.13 Å². The van der Waals surface area contributed by atoms with Gasteiger partial charge in [-0.1, -0.05) is 350 Å². The summed E-state index contributed by atoms with van der Waals surface area (Å²) in [6, 6.07) is 0. The van der Waals surface area contributed by atoms with Gasteiger partial charge >= 0.3 is 39.5 Å². The molecular formula is C77H150O17P2. The van der Waals surface area contributed by atoms with Crippen LogP contribution in [0.5, 0.6) is 0 Å². The van der Waals surface area contributed by atoms with Crippen molar-refractivity contribution in [3.8, 4) is 0 Å². The highest BCUT2D eigenvalue weighted by molar-refractivity contribution is 7.47. The molecule has 0 amide bonds. The van der Waals surface area contributed by atoms with Crippen molar-refractivity contribution in [3.05, 3.63) is 0 Å². The maximum absolute atomic E-state index is 13.1. The van der Waals surface area contributed by atoms with E-state index in [1.165, 1.54) is 205 Å². The molecule has 0 heterocycles. The Kier molecular flexibility index (Phi) is 67.4. The van der Waals surface area contributed by atoms with Gasteiger partial charge in [-0.05, 0) is 37.5 Å². The molecule has 17 nitrogen and oxygen atoms in total. The summed E-state index contributed by atoms with van der Waals surface area (Å²) >= 11 is 0. The number of aliphatic hydroxyl groups excluding tert-OH is 1. The van der Waals surface area contributed by atoms with Gasteiger partial charge < -0.3 is 33.8 Å². The van der Waals surface area contributed by atoms with E-state index in [0.717, 1.165) is 115 Å². The minimum atomic E-state index is -4.96. The third-order valence-corrected chi connectivity index (χ3v) is 20.2. The molecule has 6 atom stereocenters. The lowest BCUT2D eigenvalue weighted by Crippen LogP contribution is -2.30. The van der Waals surface area contributed by atoms with Crippen molar-refractivity contribution < 1.29 is 80.2 Å². The van der Waals surface area contributed by atoms with Crippen LogP contribution in [0.15, 0.2) is 0 Å². The number of phosphoric ester groups is 2. The zero-order valence-electron chi connectivity index (χ0n) is 62.7. The first kappa shape index (κ1) is 94.1. The number of hydrogen-bond acceptors (Lipinski definition) is 15. The van der Waals surface area contributed by atoms with Gasteiger partial charge in [-0.3, -0.25) is 37.3 Å². The van der Waals surface area contributed by atoms with Gasteiger partial charge in [0.2, 0.25) is 0 Å². The predicted octanol–water partition coefficient (Wildman–Crippen LogP) is 22.7. The molecule has 3 unspecified atom stereocenters. The predicted molar refractivity (Wildman–Crippen MR) is 391 cm³/mol. The summed E-state index contributed by atoms with van der Waals surface area (Å²) in [5, 5.41) is 10.6. The van der Waals surface area contributed by atoms with E-state index in [0.29, 0.717) is 25.7 Å². The second-order valence-corrected chi connectivity index (χ2v) is 31.4. The van der Waals surface area contributed by atoms with Crippen LogP contribution in [0.4, 0.5) is 0 Å². The monoisotopic (exact) mass is 1410 g/mol. The summed E-state index contributed by atoms with van der Waals surface area (Å²) in [7, 11) is -9.90. The lowest BCUT2D eigenvalue weighted by Gasteiger charge is -2.21. The quantitative estimate of drug-likeness (QED) is 0.0222. The molecule has 0 aromatic rings. The van der Waals surface area contributed by atoms with Crippen molar-refractivity contribution in [2.75, 3.05) is 39.6 Å². The minimum absolute atomic E-state index is 0.106. The summed E-state index contributed by atoms with van der Waals surface area (Å²) in [6.45, 7) is 9.64. The number of carbonyl (C=O) groups is 4. The molecule has 0 spiro atoms. The van der Waals surface area contributed by atoms with Crippen LogP contribution in [0, 0.1) is 11.8 Å². The molecular weight excluding hydrogens is 1260 g/mol. The Labute approximate surface area is 588 Å². The number of ether oxygens (including phenoxy) is 4. The first-order chi connectivity index (χ1) is 46.4. The van der Waals surface area contributed by atoms with E-state index >= 15 is 0 Å². The summed E-state index contributed by atoms with van der Waals surface area (Å²) in [5.41, 5.74) is 0. The molecule has 3 N–H and O–H groups in total. The lowest BCUT2D eigenvalue weighted by molar-refractivity contribution is -0.161. The Balaban J connectivity index is 5.15. The lowest BCUT2D eigenvalue weighted by atomic mass is 9.99. The molecule has 0 aromatic heterocycles. The van der Waals surface area contributed by atoms with Gasteiger partial charge in [0.25, 0.3) is 0 Å². The van der Waals surface area contributed by atoms with Crippen LogP contribution in [-0.2, 0) is 65.4 Å². The van der Waals surface area contributed by atoms with Gasteiger partial charge in [-0.15, -0.1) is 0 Å². The molecule has 19 heteroatoms.